The summed E-state index contributed by atoms with van der Waals surface area (Å²) in [6.07, 6.45) is 0.771. The van der Waals surface area contributed by atoms with Crippen molar-refractivity contribution in [3.63, 3.8) is 0 Å². The van der Waals surface area contributed by atoms with E-state index in [-0.39, 0.29) is 12.1 Å². The maximum Gasteiger partial charge on any atom is 0.252 e. The highest BCUT2D eigenvalue weighted by Gasteiger charge is 2.22. The van der Waals surface area contributed by atoms with Crippen LogP contribution in [0.15, 0.2) is 28.8 Å². The van der Waals surface area contributed by atoms with Crippen molar-refractivity contribution in [2.45, 2.75) is 46.0 Å². The quantitative estimate of drug-likeness (QED) is 0.775. The minimum absolute atomic E-state index is 0.0700. The van der Waals surface area contributed by atoms with Crippen LogP contribution >= 0.6 is 0 Å². The van der Waals surface area contributed by atoms with Crippen molar-refractivity contribution in [3.8, 4) is 5.75 Å². The van der Waals surface area contributed by atoms with E-state index in [9.17, 15) is 4.79 Å². The van der Waals surface area contributed by atoms with E-state index in [1.165, 1.54) is 0 Å². The number of hydrogen-bond acceptors (Lipinski definition) is 6. The topological polar surface area (TPSA) is 88.4 Å². The van der Waals surface area contributed by atoms with Crippen LogP contribution in [0.25, 0.3) is 0 Å². The Morgan fingerprint density at radius 1 is 1.42 bits per heavy atom. The van der Waals surface area contributed by atoms with E-state index < -0.39 is 0 Å². The standard InChI is InChI=1S/C17H22N4O3/c1-10-7-16(20-19-10)18-17(22)13-5-4-6-14(8-13)23-9-15-11(2)21-24-12(15)3/h4-6,8,10,16,19-20H,7,9H2,1-3H3,(H,18,22). The number of hydrogen-bond donors (Lipinski definition) is 3. The van der Waals surface area contributed by atoms with Crippen LogP contribution in [0.5, 0.6) is 5.75 Å². The van der Waals surface area contributed by atoms with Gasteiger partial charge in [0.05, 0.1) is 17.4 Å². The largest absolute Gasteiger partial charge is 0.489 e. The molecule has 3 N–H and O–H groups in total. The number of rotatable bonds is 5. The molecule has 1 aromatic carbocycles. The molecular formula is C17H22N4O3. The number of aryl methyl sites for hydroxylation is 2. The Balaban J connectivity index is 1.62. The van der Waals surface area contributed by atoms with Crippen molar-refractivity contribution >= 4 is 5.91 Å². The number of carbonyl (C=O) groups excluding carboxylic acids is 1. The Morgan fingerprint density at radius 3 is 2.92 bits per heavy atom. The monoisotopic (exact) mass is 330 g/mol. The maximum atomic E-state index is 12.3. The van der Waals surface area contributed by atoms with Gasteiger partial charge in [0, 0.05) is 11.6 Å². The van der Waals surface area contributed by atoms with Crippen molar-refractivity contribution < 1.29 is 14.1 Å². The fourth-order valence-corrected chi connectivity index (χ4v) is 2.64. The molecule has 1 amide bonds. The zero-order valence-corrected chi connectivity index (χ0v) is 14.1. The second kappa shape index (κ2) is 7.02. The van der Waals surface area contributed by atoms with Crippen molar-refractivity contribution in [2.24, 2.45) is 0 Å². The summed E-state index contributed by atoms with van der Waals surface area (Å²) in [4.78, 5) is 12.3. The smallest absolute Gasteiger partial charge is 0.252 e. The highest BCUT2D eigenvalue weighted by atomic mass is 16.5. The van der Waals surface area contributed by atoms with E-state index in [4.69, 9.17) is 9.26 Å². The molecule has 3 rings (SSSR count). The van der Waals surface area contributed by atoms with E-state index in [1.54, 1.807) is 18.2 Å². The summed E-state index contributed by atoms with van der Waals surface area (Å²) >= 11 is 0. The molecule has 1 aromatic heterocycles. The molecule has 1 aliphatic heterocycles. The van der Waals surface area contributed by atoms with Crippen LogP contribution in [0.4, 0.5) is 0 Å². The lowest BCUT2D eigenvalue weighted by Crippen LogP contribution is -2.44. The molecule has 7 heteroatoms. The van der Waals surface area contributed by atoms with Gasteiger partial charge in [0.25, 0.3) is 5.91 Å². The van der Waals surface area contributed by atoms with Crippen LogP contribution in [-0.2, 0) is 6.61 Å². The van der Waals surface area contributed by atoms with E-state index in [1.807, 2.05) is 19.9 Å². The molecule has 0 saturated carbocycles. The fourth-order valence-electron chi connectivity index (χ4n) is 2.64. The van der Waals surface area contributed by atoms with Gasteiger partial charge >= 0.3 is 0 Å². The van der Waals surface area contributed by atoms with Crippen LogP contribution < -0.4 is 20.9 Å². The third-order valence-electron chi connectivity index (χ3n) is 4.06. The zero-order valence-electron chi connectivity index (χ0n) is 14.1. The van der Waals surface area contributed by atoms with Gasteiger partial charge in [-0.2, -0.15) is 0 Å². The van der Waals surface area contributed by atoms with Gasteiger partial charge in [0.1, 0.15) is 18.1 Å². The van der Waals surface area contributed by atoms with Crippen molar-refractivity contribution in [2.75, 3.05) is 0 Å². The van der Waals surface area contributed by atoms with Gasteiger partial charge in [-0.05, 0) is 45.4 Å². The first-order chi connectivity index (χ1) is 11.5. The van der Waals surface area contributed by atoms with Gasteiger partial charge in [-0.25, -0.2) is 5.43 Å². The van der Waals surface area contributed by atoms with Gasteiger partial charge in [-0.15, -0.1) is 0 Å². The van der Waals surface area contributed by atoms with Gasteiger partial charge in [0.2, 0.25) is 0 Å². The number of aromatic nitrogens is 1. The SMILES string of the molecule is Cc1noc(C)c1COc1cccc(C(=O)NC2CC(C)NN2)c1. The fraction of sp³-hybridized carbons (Fsp3) is 0.412. The van der Waals surface area contributed by atoms with Gasteiger partial charge < -0.3 is 14.6 Å². The number of amides is 1. The summed E-state index contributed by atoms with van der Waals surface area (Å²) < 4.78 is 10.9. The minimum atomic E-state index is -0.133. The lowest BCUT2D eigenvalue weighted by molar-refractivity contribution is 0.0932. The van der Waals surface area contributed by atoms with Gasteiger partial charge in [-0.1, -0.05) is 11.2 Å². The third-order valence-corrected chi connectivity index (χ3v) is 4.06. The average Bonchev–Trinajstić information content (AvgIpc) is 3.11. The second-order valence-corrected chi connectivity index (χ2v) is 6.07. The molecule has 7 nitrogen and oxygen atoms in total. The Bertz CT molecular complexity index is 709. The molecule has 128 valence electrons. The predicted octanol–water partition coefficient (Wildman–Crippen LogP) is 1.81. The number of ether oxygens (including phenoxy) is 1. The van der Waals surface area contributed by atoms with Crippen LogP contribution in [0.3, 0.4) is 0 Å². The van der Waals surface area contributed by atoms with E-state index in [0.29, 0.717) is 24.0 Å². The van der Waals surface area contributed by atoms with E-state index in [0.717, 1.165) is 23.4 Å². The molecule has 1 aliphatic rings. The molecule has 2 aromatic rings. The lowest BCUT2D eigenvalue weighted by atomic mass is 10.2. The molecule has 24 heavy (non-hydrogen) atoms. The summed E-state index contributed by atoms with van der Waals surface area (Å²) in [6.45, 7) is 6.15. The van der Waals surface area contributed by atoms with E-state index in [2.05, 4.69) is 28.2 Å². The molecule has 0 radical (unpaired) electrons. The first-order valence-corrected chi connectivity index (χ1v) is 7.99. The van der Waals surface area contributed by atoms with Crippen molar-refractivity contribution in [1.29, 1.82) is 0 Å². The zero-order chi connectivity index (χ0) is 17.1. The molecule has 2 atom stereocenters. The molecular weight excluding hydrogens is 308 g/mol. The first kappa shape index (κ1) is 16.5. The normalized spacial score (nSPS) is 20.1. The molecule has 0 bridgehead atoms. The van der Waals surface area contributed by atoms with Crippen LogP contribution in [0, 0.1) is 13.8 Å². The molecule has 1 fully saturated rings. The Morgan fingerprint density at radius 2 is 2.25 bits per heavy atom. The highest BCUT2D eigenvalue weighted by Crippen LogP contribution is 2.18. The van der Waals surface area contributed by atoms with Crippen LogP contribution in [0.2, 0.25) is 0 Å². The Labute approximate surface area is 140 Å². The second-order valence-electron chi connectivity index (χ2n) is 6.07. The number of benzene rings is 1. The average molecular weight is 330 g/mol. The predicted molar refractivity (Wildman–Crippen MR) is 88.4 cm³/mol. The third kappa shape index (κ3) is 3.74. The number of hydrazine groups is 1. The molecule has 2 unspecified atom stereocenters. The number of carbonyl (C=O) groups is 1. The molecule has 0 aliphatic carbocycles. The summed E-state index contributed by atoms with van der Waals surface area (Å²) in [5.41, 5.74) is 8.44. The Kier molecular flexibility index (Phi) is 4.82. The first-order valence-electron chi connectivity index (χ1n) is 7.99. The van der Waals surface area contributed by atoms with Crippen LogP contribution in [0.1, 0.15) is 40.7 Å². The van der Waals surface area contributed by atoms with Crippen molar-refractivity contribution in [1.82, 2.24) is 21.3 Å². The van der Waals surface area contributed by atoms with Crippen molar-refractivity contribution in [3.05, 3.63) is 46.8 Å². The van der Waals surface area contributed by atoms with Gasteiger partial charge in [-0.3, -0.25) is 10.2 Å². The van der Waals surface area contributed by atoms with E-state index >= 15 is 0 Å². The number of nitrogens with one attached hydrogen (secondary N) is 3. The molecule has 2 heterocycles. The lowest BCUT2D eigenvalue weighted by Gasteiger charge is -2.13. The molecule has 1 saturated heterocycles. The van der Waals surface area contributed by atoms with Gasteiger partial charge in [0.15, 0.2) is 0 Å². The minimum Gasteiger partial charge on any atom is -0.489 e. The van der Waals surface area contributed by atoms with Crippen LogP contribution in [-0.4, -0.2) is 23.3 Å². The highest BCUT2D eigenvalue weighted by molar-refractivity contribution is 5.94. The maximum absolute atomic E-state index is 12.3. The summed E-state index contributed by atoms with van der Waals surface area (Å²) in [6, 6.07) is 7.47. The molecule has 0 spiro atoms. The summed E-state index contributed by atoms with van der Waals surface area (Å²) in [5.74, 6) is 1.25. The Hall–Kier alpha value is -2.38. The summed E-state index contributed by atoms with van der Waals surface area (Å²) in [7, 11) is 0. The summed E-state index contributed by atoms with van der Waals surface area (Å²) in [5, 5.41) is 6.85. The number of nitrogens with zero attached hydrogens (tertiary/aromatic N) is 1.